The second kappa shape index (κ2) is 10.4. The number of pyridine rings is 1. The van der Waals surface area contributed by atoms with Crippen LogP contribution < -0.4 is 10.1 Å². The van der Waals surface area contributed by atoms with Crippen LogP contribution in [0.1, 0.15) is 44.6 Å². The number of carbonyl (C=O) groups is 2. The van der Waals surface area contributed by atoms with Crippen LogP contribution in [0.2, 0.25) is 0 Å². The zero-order valence-corrected chi connectivity index (χ0v) is 20.4. The average molecular weight is 510 g/mol. The third kappa shape index (κ3) is 5.01. The number of ether oxygens (including phenoxy) is 2. The van der Waals surface area contributed by atoms with Gasteiger partial charge in [-0.25, -0.2) is 18.6 Å². The molecule has 2 N–H and O–H groups in total. The summed E-state index contributed by atoms with van der Waals surface area (Å²) in [6.45, 7) is 2.43. The highest BCUT2D eigenvalue weighted by Crippen LogP contribution is 2.26. The van der Waals surface area contributed by atoms with Crippen LogP contribution in [0.3, 0.4) is 0 Å². The first-order valence-corrected chi connectivity index (χ1v) is 11.3. The van der Waals surface area contributed by atoms with Crippen LogP contribution >= 0.6 is 0 Å². The molecule has 0 saturated carbocycles. The van der Waals surface area contributed by atoms with Crippen LogP contribution in [0, 0.1) is 18.6 Å². The number of hydrogen-bond donors (Lipinski definition) is 2. The third-order valence-electron chi connectivity index (χ3n) is 6.06. The molecule has 8 nitrogen and oxygen atoms in total. The number of aryl methyl sites for hydroxylation is 1. The van der Waals surface area contributed by atoms with Gasteiger partial charge in [-0.15, -0.1) is 0 Å². The number of aromatic nitrogens is 2. The molecule has 0 spiro atoms. The van der Waals surface area contributed by atoms with Crippen molar-refractivity contribution in [1.29, 1.82) is 0 Å². The maximum absolute atomic E-state index is 14.0. The summed E-state index contributed by atoms with van der Waals surface area (Å²) < 4.78 is 40.0. The van der Waals surface area contributed by atoms with Gasteiger partial charge in [0.2, 0.25) is 0 Å². The molecule has 0 aliphatic heterocycles. The summed E-state index contributed by atoms with van der Waals surface area (Å²) in [4.78, 5) is 29.8. The van der Waals surface area contributed by atoms with Crippen molar-refractivity contribution in [3.05, 3.63) is 101 Å². The number of imidazole rings is 1. The molecule has 0 unspecified atom stereocenters. The van der Waals surface area contributed by atoms with Crippen molar-refractivity contribution in [2.45, 2.75) is 26.0 Å². The van der Waals surface area contributed by atoms with Crippen molar-refractivity contribution >= 4 is 17.5 Å². The monoisotopic (exact) mass is 509 g/mol. The Morgan fingerprint density at radius 2 is 1.81 bits per heavy atom. The van der Waals surface area contributed by atoms with Gasteiger partial charge >= 0.3 is 5.97 Å². The number of nitrogens with one attached hydrogen (secondary N) is 1. The number of nitrogens with zero attached hydrogens (tertiary/aromatic N) is 2. The number of amides is 1. The highest BCUT2D eigenvalue weighted by atomic mass is 19.1. The molecule has 192 valence electrons. The number of aliphatic hydroxyl groups is 1. The van der Waals surface area contributed by atoms with Crippen LogP contribution in [0.5, 0.6) is 5.75 Å². The Kier molecular flexibility index (Phi) is 7.21. The van der Waals surface area contributed by atoms with E-state index in [9.17, 15) is 23.5 Å². The molecule has 2 aromatic carbocycles. The van der Waals surface area contributed by atoms with Crippen molar-refractivity contribution in [3.8, 4) is 5.75 Å². The van der Waals surface area contributed by atoms with E-state index < -0.39 is 35.7 Å². The molecule has 1 atom stereocenters. The molecule has 0 aliphatic carbocycles. The van der Waals surface area contributed by atoms with E-state index >= 15 is 0 Å². The SMILES string of the molecule is COC(=O)c1cccc([C@](C)(CO)NC(=O)c2c(C)nc3c(OCc4c(F)cccc4F)cccn23)c1. The van der Waals surface area contributed by atoms with Crippen LogP contribution in [0.15, 0.2) is 60.8 Å². The van der Waals surface area contributed by atoms with Gasteiger partial charge in [0.1, 0.15) is 23.9 Å². The number of aliphatic hydroxyl groups excluding tert-OH is 1. The molecule has 0 saturated heterocycles. The lowest BCUT2D eigenvalue weighted by atomic mass is 9.91. The van der Waals surface area contributed by atoms with Crippen LogP contribution in [0.25, 0.3) is 5.65 Å². The molecule has 4 aromatic rings. The van der Waals surface area contributed by atoms with Gasteiger partial charge in [-0.3, -0.25) is 9.20 Å². The fraction of sp³-hybridized carbons (Fsp3) is 0.222. The zero-order chi connectivity index (χ0) is 26.7. The van der Waals surface area contributed by atoms with E-state index in [1.165, 1.54) is 23.6 Å². The van der Waals surface area contributed by atoms with Crippen molar-refractivity contribution in [2.24, 2.45) is 0 Å². The number of hydrogen-bond acceptors (Lipinski definition) is 6. The molecule has 10 heteroatoms. The standard InChI is InChI=1S/C27H25F2N3O5/c1-16-23(25(34)31-27(2,15-33)18-8-4-7-17(13-18)26(35)36-3)32-12-6-11-22(24(32)30-16)37-14-19-20(28)9-5-10-21(19)29/h4-13,33H,14-15H2,1-3H3,(H,31,34)/t27-/m0/s1. The molecule has 1 amide bonds. The fourth-order valence-corrected chi connectivity index (χ4v) is 3.98. The summed E-state index contributed by atoms with van der Waals surface area (Å²) in [7, 11) is 1.26. The van der Waals surface area contributed by atoms with E-state index in [2.05, 4.69) is 10.3 Å². The Hall–Kier alpha value is -4.31. The third-order valence-corrected chi connectivity index (χ3v) is 6.06. The molecule has 0 fully saturated rings. The quantitative estimate of drug-likeness (QED) is 0.349. The van der Waals surface area contributed by atoms with E-state index in [1.807, 2.05) is 0 Å². The Morgan fingerprint density at radius 3 is 2.49 bits per heavy atom. The molecule has 0 aliphatic rings. The van der Waals surface area contributed by atoms with E-state index in [1.54, 1.807) is 50.4 Å². The molecule has 37 heavy (non-hydrogen) atoms. The van der Waals surface area contributed by atoms with E-state index in [0.717, 1.165) is 12.1 Å². The molecule has 0 radical (unpaired) electrons. The van der Waals surface area contributed by atoms with Gasteiger partial charge < -0.3 is 19.9 Å². The van der Waals surface area contributed by atoms with Crippen LogP contribution in [-0.2, 0) is 16.9 Å². The second-order valence-corrected chi connectivity index (χ2v) is 8.62. The minimum atomic E-state index is -1.24. The van der Waals surface area contributed by atoms with Gasteiger partial charge in [0.25, 0.3) is 5.91 Å². The predicted molar refractivity (Wildman–Crippen MR) is 130 cm³/mol. The number of methoxy groups -OCH3 is 1. The van der Waals surface area contributed by atoms with E-state index in [0.29, 0.717) is 11.3 Å². The largest absolute Gasteiger partial charge is 0.485 e. The van der Waals surface area contributed by atoms with E-state index in [4.69, 9.17) is 9.47 Å². The lowest BCUT2D eigenvalue weighted by Gasteiger charge is -2.29. The second-order valence-electron chi connectivity index (χ2n) is 8.62. The number of benzene rings is 2. The number of fused-ring (bicyclic) bond motifs is 1. The number of halogens is 2. The molecular formula is C27H25F2N3O5. The fourth-order valence-electron chi connectivity index (χ4n) is 3.98. The normalized spacial score (nSPS) is 12.7. The van der Waals surface area contributed by atoms with Gasteiger partial charge in [-0.05, 0) is 55.8 Å². The molecular weight excluding hydrogens is 484 g/mol. The highest BCUT2D eigenvalue weighted by molar-refractivity contribution is 5.95. The predicted octanol–water partition coefficient (Wildman–Crippen LogP) is 3.92. The first kappa shape index (κ1) is 25.8. The van der Waals surface area contributed by atoms with Gasteiger partial charge in [0.15, 0.2) is 11.4 Å². The summed E-state index contributed by atoms with van der Waals surface area (Å²) in [5, 5.41) is 13.0. The maximum Gasteiger partial charge on any atom is 0.337 e. The van der Waals surface area contributed by atoms with Crippen molar-refractivity contribution in [2.75, 3.05) is 13.7 Å². The smallest absolute Gasteiger partial charge is 0.337 e. The summed E-state index contributed by atoms with van der Waals surface area (Å²) in [6.07, 6.45) is 1.61. The first-order chi connectivity index (χ1) is 17.7. The average Bonchev–Trinajstić information content (AvgIpc) is 3.24. The van der Waals surface area contributed by atoms with Crippen molar-refractivity contribution in [3.63, 3.8) is 0 Å². The molecule has 0 bridgehead atoms. The number of esters is 1. The van der Waals surface area contributed by atoms with Gasteiger partial charge in [-0.1, -0.05) is 18.2 Å². The van der Waals surface area contributed by atoms with Crippen molar-refractivity contribution in [1.82, 2.24) is 14.7 Å². The minimum absolute atomic E-state index is 0.182. The molecule has 4 rings (SSSR count). The minimum Gasteiger partial charge on any atom is -0.485 e. The van der Waals surface area contributed by atoms with Crippen LogP contribution in [0.4, 0.5) is 8.78 Å². The summed E-state index contributed by atoms with van der Waals surface area (Å²) in [5.41, 5.74) is 0.130. The lowest BCUT2D eigenvalue weighted by molar-refractivity contribution is 0.0600. The van der Waals surface area contributed by atoms with Crippen LogP contribution in [-0.4, -0.2) is 40.1 Å². The Bertz CT molecular complexity index is 1470. The summed E-state index contributed by atoms with van der Waals surface area (Å²) in [6, 6.07) is 13.2. The van der Waals surface area contributed by atoms with Crippen molar-refractivity contribution < 1.29 is 33.0 Å². The highest BCUT2D eigenvalue weighted by Gasteiger charge is 2.31. The Morgan fingerprint density at radius 1 is 1.11 bits per heavy atom. The first-order valence-electron chi connectivity index (χ1n) is 11.3. The lowest BCUT2D eigenvalue weighted by Crippen LogP contribution is -2.47. The number of carbonyl (C=O) groups excluding carboxylic acids is 2. The maximum atomic E-state index is 14.0. The van der Waals surface area contributed by atoms with Gasteiger partial charge in [0, 0.05) is 6.20 Å². The zero-order valence-electron chi connectivity index (χ0n) is 20.4. The number of rotatable bonds is 8. The Balaban J connectivity index is 1.64. The Labute approximate surface area is 211 Å². The molecule has 2 heterocycles. The summed E-state index contributed by atoms with van der Waals surface area (Å²) in [5.74, 6) is -2.32. The van der Waals surface area contributed by atoms with E-state index in [-0.39, 0.29) is 34.8 Å². The topological polar surface area (TPSA) is 102 Å². The van der Waals surface area contributed by atoms with Gasteiger partial charge in [-0.2, -0.15) is 0 Å². The molecule has 2 aromatic heterocycles. The van der Waals surface area contributed by atoms with Gasteiger partial charge in [0.05, 0.1) is 36.1 Å². The summed E-state index contributed by atoms with van der Waals surface area (Å²) >= 11 is 0.